The third-order valence-corrected chi connectivity index (χ3v) is 12.5. The fourth-order valence-electron chi connectivity index (χ4n) is 9.59. The van der Waals surface area contributed by atoms with Crippen LogP contribution in [-0.2, 0) is 0 Å². The third kappa shape index (κ3) is 5.96. The summed E-state index contributed by atoms with van der Waals surface area (Å²) >= 11 is 0. The highest BCUT2D eigenvalue weighted by molar-refractivity contribution is 6.26. The van der Waals surface area contributed by atoms with Crippen molar-refractivity contribution in [1.29, 1.82) is 0 Å². The van der Waals surface area contributed by atoms with Crippen molar-refractivity contribution in [1.82, 2.24) is 0 Å². The number of rotatable bonds is 5. The highest BCUT2D eigenvalue weighted by Crippen LogP contribution is 2.42. The summed E-state index contributed by atoms with van der Waals surface area (Å²) in [6, 6.07) is 85.7. The number of hydrogen-bond donors (Lipinski definition) is 0. The molecule has 0 bridgehead atoms. The summed E-state index contributed by atoms with van der Waals surface area (Å²) < 4.78 is 6.48. The first kappa shape index (κ1) is 35.7. The summed E-state index contributed by atoms with van der Waals surface area (Å²) in [5.41, 5.74) is 9.57. The van der Waals surface area contributed by atoms with Crippen LogP contribution in [0.15, 0.2) is 241 Å². The molecule has 1 aromatic heterocycles. The molecule has 2 nitrogen and oxygen atoms in total. The van der Waals surface area contributed by atoms with Gasteiger partial charge in [-0.2, -0.15) is 0 Å². The lowest BCUT2D eigenvalue weighted by Gasteiger charge is -2.26. The van der Waals surface area contributed by atoms with Crippen LogP contribution >= 0.6 is 0 Å². The average molecular weight is 790 g/mol. The molecule has 12 aromatic rings. The first-order valence-electron chi connectivity index (χ1n) is 21.3. The van der Waals surface area contributed by atoms with Gasteiger partial charge in [-0.25, -0.2) is 0 Å². The molecule has 0 radical (unpaired) electrons. The Hall–Kier alpha value is -8.20. The maximum absolute atomic E-state index is 6.48. The molecule has 0 saturated carbocycles. The Morgan fingerprint density at radius 3 is 1.16 bits per heavy atom. The summed E-state index contributed by atoms with van der Waals surface area (Å²) in [6.45, 7) is 0. The zero-order valence-corrected chi connectivity index (χ0v) is 33.9. The van der Waals surface area contributed by atoms with Crippen molar-refractivity contribution in [3.05, 3.63) is 237 Å². The number of benzene rings is 10. The van der Waals surface area contributed by atoms with Crippen LogP contribution in [0.5, 0.6) is 0 Å². The van der Waals surface area contributed by atoms with E-state index in [0.717, 1.165) is 50.1 Å². The van der Waals surface area contributed by atoms with Crippen LogP contribution in [0.4, 0.5) is 17.1 Å². The normalized spacial score (nSPS) is 11.5. The Bertz CT molecular complexity index is 3660. The Labute approximate surface area is 359 Å². The summed E-state index contributed by atoms with van der Waals surface area (Å²) in [7, 11) is 0. The molecular weight excluding hydrogens is 751 g/mol. The Kier molecular flexibility index (Phi) is 8.53. The largest absolute Gasteiger partial charge is 0.455 e. The fourth-order valence-corrected chi connectivity index (χ4v) is 9.59. The van der Waals surface area contributed by atoms with E-state index < -0.39 is 0 Å². The molecule has 0 aliphatic carbocycles. The molecule has 0 saturated heterocycles. The van der Waals surface area contributed by atoms with Gasteiger partial charge in [0, 0.05) is 33.4 Å². The molecule has 62 heavy (non-hydrogen) atoms. The van der Waals surface area contributed by atoms with Crippen LogP contribution in [-0.4, -0.2) is 0 Å². The van der Waals surface area contributed by atoms with E-state index in [9.17, 15) is 0 Å². The molecule has 0 aliphatic rings. The maximum atomic E-state index is 6.48. The number of fused-ring (bicyclic) bond motifs is 13. The lowest BCUT2D eigenvalue weighted by Crippen LogP contribution is -2.09. The topological polar surface area (TPSA) is 16.4 Å². The highest BCUT2D eigenvalue weighted by atomic mass is 16.3. The molecule has 0 amide bonds. The summed E-state index contributed by atoms with van der Waals surface area (Å²) in [5.74, 6) is 0. The second kappa shape index (κ2) is 14.8. The Balaban J connectivity index is 1.12. The molecule has 12 rings (SSSR count). The highest BCUT2D eigenvalue weighted by Gasteiger charge is 2.17. The fraction of sp³-hybridized carbons (Fsp3) is 0. The van der Waals surface area contributed by atoms with Gasteiger partial charge in [-0.05, 0) is 113 Å². The number of hydrogen-bond acceptors (Lipinski definition) is 2. The van der Waals surface area contributed by atoms with Gasteiger partial charge >= 0.3 is 0 Å². The molecule has 0 aliphatic heterocycles. The molecule has 290 valence electrons. The quantitative estimate of drug-likeness (QED) is 0.173. The lowest BCUT2D eigenvalue weighted by molar-refractivity contribution is 0.670. The summed E-state index contributed by atoms with van der Waals surface area (Å²) in [5, 5.41) is 14.4. The van der Waals surface area contributed by atoms with E-state index in [0.29, 0.717) is 0 Å². The van der Waals surface area contributed by atoms with E-state index >= 15 is 0 Å². The first-order valence-corrected chi connectivity index (χ1v) is 21.3. The van der Waals surface area contributed by atoms with Crippen LogP contribution < -0.4 is 4.90 Å². The molecule has 0 fully saturated rings. The van der Waals surface area contributed by atoms with E-state index in [1.54, 1.807) is 0 Å². The van der Waals surface area contributed by atoms with Gasteiger partial charge in [0.25, 0.3) is 0 Å². The van der Waals surface area contributed by atoms with E-state index in [4.69, 9.17) is 4.42 Å². The van der Waals surface area contributed by atoms with Gasteiger partial charge in [0.1, 0.15) is 11.2 Å². The smallest absolute Gasteiger partial charge is 0.143 e. The molecule has 11 aromatic carbocycles. The van der Waals surface area contributed by atoms with Gasteiger partial charge in [-0.15, -0.1) is 0 Å². The summed E-state index contributed by atoms with van der Waals surface area (Å²) in [4.78, 5) is 2.39. The van der Waals surface area contributed by atoms with Crippen molar-refractivity contribution in [2.45, 2.75) is 0 Å². The predicted molar refractivity (Wildman–Crippen MR) is 264 cm³/mol. The van der Waals surface area contributed by atoms with Gasteiger partial charge in [0.2, 0.25) is 0 Å². The van der Waals surface area contributed by atoms with Crippen molar-refractivity contribution in [2.75, 3.05) is 4.90 Å². The molecule has 0 unspecified atom stereocenters. The number of nitrogens with zero attached hydrogens (tertiary/aromatic N) is 1. The second-order valence-electron chi connectivity index (χ2n) is 16.0. The van der Waals surface area contributed by atoms with Crippen molar-refractivity contribution in [3.63, 3.8) is 0 Å². The third-order valence-electron chi connectivity index (χ3n) is 12.5. The second-order valence-corrected chi connectivity index (χ2v) is 16.0. The van der Waals surface area contributed by atoms with Crippen LogP contribution in [0.25, 0.3) is 98.1 Å². The van der Waals surface area contributed by atoms with Crippen molar-refractivity contribution < 1.29 is 4.42 Å². The van der Waals surface area contributed by atoms with Crippen molar-refractivity contribution in [3.8, 4) is 22.3 Å². The lowest BCUT2D eigenvalue weighted by atomic mass is 9.94. The number of furan rings is 1. The minimum absolute atomic E-state index is 0.902. The van der Waals surface area contributed by atoms with Crippen LogP contribution in [0, 0.1) is 0 Å². The van der Waals surface area contributed by atoms with Gasteiger partial charge < -0.3 is 9.32 Å². The number of anilines is 3. The first-order chi connectivity index (χ1) is 30.8. The molecule has 0 spiro atoms. The zero-order valence-electron chi connectivity index (χ0n) is 33.9. The molecule has 1 heterocycles. The predicted octanol–water partition coefficient (Wildman–Crippen LogP) is 17.3. The number of para-hydroxylation sites is 2. The Morgan fingerprint density at radius 2 is 0.629 bits per heavy atom. The molecule has 0 N–H and O–H groups in total. The van der Waals surface area contributed by atoms with Crippen molar-refractivity contribution in [2.24, 2.45) is 0 Å². The van der Waals surface area contributed by atoms with Gasteiger partial charge in [0.15, 0.2) is 0 Å². The zero-order chi connectivity index (χ0) is 41.0. The van der Waals surface area contributed by atoms with Crippen LogP contribution in [0.1, 0.15) is 0 Å². The minimum Gasteiger partial charge on any atom is -0.455 e. The molecule has 2 heteroatoms. The van der Waals surface area contributed by atoms with E-state index in [1.165, 1.54) is 65.0 Å². The van der Waals surface area contributed by atoms with Gasteiger partial charge in [0.05, 0.1) is 0 Å². The standard InChI is InChI=1S/C60H39NO/c1-2-15-40(16-3-1)41-29-33-43(34-30-41)61(44-35-31-42(32-36-44)46-26-14-27-57-56-25-12-13-28-59(56)62-60(46)57)45-37-38-55-53-23-9-8-21-51(53)49-19-5-4-17-47(49)48-18-6-7-20-50(48)52-22-10-11-24-54(52)58(55)39-45/h1-39H. The van der Waals surface area contributed by atoms with Gasteiger partial charge in [-0.3, -0.25) is 0 Å². The van der Waals surface area contributed by atoms with Crippen LogP contribution in [0.2, 0.25) is 0 Å². The minimum atomic E-state index is 0.902. The van der Waals surface area contributed by atoms with E-state index in [1.807, 2.05) is 12.1 Å². The van der Waals surface area contributed by atoms with Crippen LogP contribution in [0.3, 0.4) is 0 Å². The molecular formula is C60H39NO. The van der Waals surface area contributed by atoms with Crippen molar-refractivity contribution >= 4 is 92.9 Å². The van der Waals surface area contributed by atoms with E-state index in [-0.39, 0.29) is 0 Å². The summed E-state index contributed by atoms with van der Waals surface area (Å²) in [6.07, 6.45) is 0. The average Bonchev–Trinajstić information content (AvgIpc) is 3.74. The Morgan fingerprint density at radius 1 is 0.242 bits per heavy atom. The monoisotopic (exact) mass is 789 g/mol. The van der Waals surface area contributed by atoms with Gasteiger partial charge in [-0.1, -0.05) is 194 Å². The maximum Gasteiger partial charge on any atom is 0.143 e. The SMILES string of the molecule is c1ccc(-c2ccc(N(c3ccc(-c4cccc5c4oc4ccccc45)cc3)c3ccc4c5ccccc5c5ccccc5c5ccccc5c5ccccc5c4c3)cc2)cc1. The van der Waals surface area contributed by atoms with E-state index in [2.05, 4.69) is 229 Å². The molecule has 0 atom stereocenters.